The van der Waals surface area contributed by atoms with E-state index in [4.69, 9.17) is 0 Å². The zero-order valence-electron chi connectivity index (χ0n) is 11.4. The largest absolute Gasteiger partial charge is 0.252 e. The summed E-state index contributed by atoms with van der Waals surface area (Å²) in [7, 11) is -6.72. The molecule has 0 bridgehead atoms. The Kier molecular flexibility index (Phi) is 4.55. The lowest BCUT2D eigenvalue weighted by molar-refractivity contribution is 0.273. The minimum absolute atomic E-state index is 0.0455. The SMILES string of the molecule is CCS(=O)(=O)N1CCN(S(=O)(=O)c2ccc(C)s2)CC1. The van der Waals surface area contributed by atoms with Gasteiger partial charge in [-0.1, -0.05) is 0 Å². The van der Waals surface area contributed by atoms with E-state index in [0.29, 0.717) is 4.21 Å². The van der Waals surface area contributed by atoms with Gasteiger partial charge in [-0.3, -0.25) is 0 Å². The molecule has 6 nitrogen and oxygen atoms in total. The summed E-state index contributed by atoms with van der Waals surface area (Å²) in [5, 5.41) is 0. The molecule has 0 N–H and O–H groups in total. The quantitative estimate of drug-likeness (QED) is 0.810. The first kappa shape index (κ1) is 15.9. The molecular weight excluding hydrogens is 320 g/mol. The second kappa shape index (κ2) is 5.72. The molecular formula is C11H18N2O4S3. The number of aryl methyl sites for hydroxylation is 1. The van der Waals surface area contributed by atoms with Gasteiger partial charge in [0.15, 0.2) is 0 Å². The number of piperazine rings is 1. The fourth-order valence-corrected chi connectivity index (χ4v) is 5.99. The monoisotopic (exact) mass is 338 g/mol. The fourth-order valence-electron chi connectivity index (χ4n) is 2.05. The van der Waals surface area contributed by atoms with Gasteiger partial charge in [0, 0.05) is 31.1 Å². The van der Waals surface area contributed by atoms with Gasteiger partial charge < -0.3 is 0 Å². The Hall–Kier alpha value is -0.480. The molecule has 9 heteroatoms. The van der Waals surface area contributed by atoms with Gasteiger partial charge in [-0.15, -0.1) is 11.3 Å². The Morgan fingerprint density at radius 1 is 1.05 bits per heavy atom. The molecule has 0 aliphatic carbocycles. The van der Waals surface area contributed by atoms with Crippen LogP contribution in [0.2, 0.25) is 0 Å². The number of rotatable bonds is 4. The van der Waals surface area contributed by atoms with Gasteiger partial charge in [-0.2, -0.15) is 8.61 Å². The zero-order valence-corrected chi connectivity index (χ0v) is 13.9. The molecule has 20 heavy (non-hydrogen) atoms. The molecule has 1 aliphatic rings. The lowest BCUT2D eigenvalue weighted by Gasteiger charge is -2.32. The van der Waals surface area contributed by atoms with E-state index in [1.54, 1.807) is 19.1 Å². The van der Waals surface area contributed by atoms with Gasteiger partial charge in [-0.05, 0) is 26.0 Å². The Bertz CT molecular complexity index is 670. The summed E-state index contributed by atoms with van der Waals surface area (Å²) in [6.45, 7) is 4.30. The van der Waals surface area contributed by atoms with Crippen molar-refractivity contribution >= 4 is 31.4 Å². The molecule has 0 spiro atoms. The summed E-state index contributed by atoms with van der Waals surface area (Å²) >= 11 is 1.24. The second-order valence-electron chi connectivity index (χ2n) is 4.57. The average Bonchev–Trinajstić information content (AvgIpc) is 2.86. The van der Waals surface area contributed by atoms with E-state index in [1.807, 2.05) is 6.92 Å². The zero-order chi connectivity index (χ0) is 15.0. The second-order valence-corrected chi connectivity index (χ2v) is 10.3. The molecule has 1 aliphatic heterocycles. The van der Waals surface area contributed by atoms with Gasteiger partial charge in [0.1, 0.15) is 4.21 Å². The maximum atomic E-state index is 12.4. The van der Waals surface area contributed by atoms with Crippen molar-refractivity contribution in [2.45, 2.75) is 18.1 Å². The molecule has 1 fully saturated rings. The van der Waals surface area contributed by atoms with E-state index in [-0.39, 0.29) is 31.9 Å². The van der Waals surface area contributed by atoms with E-state index in [9.17, 15) is 16.8 Å². The van der Waals surface area contributed by atoms with E-state index in [0.717, 1.165) is 4.88 Å². The summed E-state index contributed by atoms with van der Waals surface area (Å²) in [5.41, 5.74) is 0. The fraction of sp³-hybridized carbons (Fsp3) is 0.636. The first-order valence-electron chi connectivity index (χ1n) is 6.32. The van der Waals surface area contributed by atoms with Crippen LogP contribution in [0.15, 0.2) is 16.3 Å². The smallest absolute Gasteiger partial charge is 0.212 e. The lowest BCUT2D eigenvalue weighted by atomic mass is 10.4. The summed E-state index contributed by atoms with van der Waals surface area (Å²) in [4.78, 5) is 0.941. The highest BCUT2D eigenvalue weighted by Gasteiger charge is 2.32. The minimum Gasteiger partial charge on any atom is -0.212 e. The number of thiophene rings is 1. The Morgan fingerprint density at radius 3 is 2.05 bits per heavy atom. The highest BCUT2D eigenvalue weighted by molar-refractivity contribution is 7.91. The van der Waals surface area contributed by atoms with Gasteiger partial charge in [0.05, 0.1) is 5.75 Å². The molecule has 0 radical (unpaired) electrons. The molecule has 2 heterocycles. The van der Waals surface area contributed by atoms with Gasteiger partial charge >= 0.3 is 0 Å². The molecule has 0 aromatic carbocycles. The third-order valence-electron chi connectivity index (χ3n) is 3.27. The van der Waals surface area contributed by atoms with Crippen molar-refractivity contribution in [2.75, 3.05) is 31.9 Å². The number of hydrogen-bond donors (Lipinski definition) is 0. The Morgan fingerprint density at radius 2 is 1.60 bits per heavy atom. The lowest BCUT2D eigenvalue weighted by Crippen LogP contribution is -2.50. The molecule has 0 amide bonds. The van der Waals surface area contributed by atoms with E-state index >= 15 is 0 Å². The first-order valence-corrected chi connectivity index (χ1v) is 10.2. The molecule has 0 atom stereocenters. The van der Waals surface area contributed by atoms with Crippen molar-refractivity contribution in [1.82, 2.24) is 8.61 Å². The van der Waals surface area contributed by atoms with Crippen LogP contribution < -0.4 is 0 Å². The molecule has 1 saturated heterocycles. The van der Waals surface area contributed by atoms with Gasteiger partial charge in [0.25, 0.3) is 10.0 Å². The Balaban J connectivity index is 2.11. The number of hydrogen-bond acceptors (Lipinski definition) is 5. The number of nitrogens with zero attached hydrogens (tertiary/aromatic N) is 2. The normalized spacial score (nSPS) is 19.3. The Labute approximate surface area is 124 Å². The van der Waals surface area contributed by atoms with Crippen molar-refractivity contribution in [3.8, 4) is 0 Å². The molecule has 1 aromatic rings. The molecule has 2 rings (SSSR count). The summed E-state index contributed by atoms with van der Waals surface area (Å²) in [6, 6.07) is 3.37. The van der Waals surface area contributed by atoms with E-state index < -0.39 is 20.0 Å². The maximum absolute atomic E-state index is 12.4. The van der Waals surface area contributed by atoms with Crippen molar-refractivity contribution in [1.29, 1.82) is 0 Å². The topological polar surface area (TPSA) is 74.8 Å². The van der Waals surface area contributed by atoms with Crippen molar-refractivity contribution < 1.29 is 16.8 Å². The number of sulfonamides is 2. The standard InChI is InChI=1S/C11H18N2O4S3/c1-3-19(14,15)12-6-8-13(9-7-12)20(16,17)11-5-4-10(2)18-11/h4-5H,3,6-9H2,1-2H3. The predicted molar refractivity (Wildman–Crippen MR) is 78.8 cm³/mol. The van der Waals surface area contributed by atoms with Crippen molar-refractivity contribution in [2.24, 2.45) is 0 Å². The summed E-state index contributed by atoms with van der Waals surface area (Å²) < 4.78 is 51.3. The van der Waals surface area contributed by atoms with Gasteiger partial charge in [-0.25, -0.2) is 16.8 Å². The van der Waals surface area contributed by atoms with Crippen molar-refractivity contribution in [3.05, 3.63) is 17.0 Å². The molecule has 114 valence electrons. The highest BCUT2D eigenvalue weighted by Crippen LogP contribution is 2.25. The van der Waals surface area contributed by atoms with Crippen LogP contribution in [0.1, 0.15) is 11.8 Å². The highest BCUT2D eigenvalue weighted by atomic mass is 32.2. The molecule has 0 unspecified atom stereocenters. The van der Waals surface area contributed by atoms with Gasteiger partial charge in [0.2, 0.25) is 10.0 Å². The van der Waals surface area contributed by atoms with Crippen LogP contribution in [0.25, 0.3) is 0 Å². The van der Waals surface area contributed by atoms with Crippen LogP contribution in [-0.2, 0) is 20.0 Å². The third kappa shape index (κ3) is 3.06. The van der Waals surface area contributed by atoms with Crippen LogP contribution in [-0.4, -0.2) is 57.4 Å². The van der Waals surface area contributed by atoms with Crippen LogP contribution in [0, 0.1) is 6.92 Å². The average molecular weight is 338 g/mol. The molecule has 1 aromatic heterocycles. The van der Waals surface area contributed by atoms with Crippen LogP contribution >= 0.6 is 11.3 Å². The molecule has 0 saturated carbocycles. The predicted octanol–water partition coefficient (Wildman–Crippen LogP) is 0.713. The third-order valence-corrected chi connectivity index (χ3v) is 8.51. The van der Waals surface area contributed by atoms with E-state index in [1.165, 1.54) is 19.9 Å². The summed E-state index contributed by atoms with van der Waals surface area (Å²) in [6.07, 6.45) is 0. The maximum Gasteiger partial charge on any atom is 0.252 e. The summed E-state index contributed by atoms with van der Waals surface area (Å²) in [5.74, 6) is 0.0455. The van der Waals surface area contributed by atoms with Crippen LogP contribution in [0.3, 0.4) is 0 Å². The van der Waals surface area contributed by atoms with Crippen LogP contribution in [0.4, 0.5) is 0 Å². The first-order chi connectivity index (χ1) is 9.27. The van der Waals surface area contributed by atoms with Crippen LogP contribution in [0.5, 0.6) is 0 Å². The van der Waals surface area contributed by atoms with Crippen molar-refractivity contribution in [3.63, 3.8) is 0 Å². The van der Waals surface area contributed by atoms with E-state index in [2.05, 4.69) is 0 Å². The minimum atomic E-state index is -3.49.